The second-order valence-electron chi connectivity index (χ2n) is 15.2. The van der Waals surface area contributed by atoms with Crippen molar-refractivity contribution in [1.82, 2.24) is 9.97 Å². The first-order valence-electron chi connectivity index (χ1n) is 20.5. The number of rotatable bonds is 9. The van der Waals surface area contributed by atoms with E-state index in [9.17, 15) is 9.59 Å². The van der Waals surface area contributed by atoms with Crippen molar-refractivity contribution in [3.8, 4) is 39.7 Å². The van der Waals surface area contributed by atoms with Crippen LogP contribution in [0.25, 0.3) is 44.7 Å². The fourth-order valence-corrected chi connectivity index (χ4v) is 7.05. The zero-order chi connectivity index (χ0) is 47.2. The number of nitrogens with one attached hydrogen (secondary N) is 1. The molecule has 1 aromatic heterocycles. The Bertz CT molecular complexity index is 3060. The van der Waals surface area contributed by atoms with Crippen LogP contribution in [-0.4, -0.2) is 33.6 Å². The molecule has 1 aliphatic heterocycles. The lowest BCUT2D eigenvalue weighted by molar-refractivity contribution is -0.191. The van der Waals surface area contributed by atoms with Gasteiger partial charge in [0.1, 0.15) is 5.82 Å². The molecule has 1 aliphatic rings. The molecule has 0 unspecified atom stereocenters. The number of benzene rings is 7. The van der Waals surface area contributed by atoms with Gasteiger partial charge in [-0.25, -0.2) is 4.98 Å². The van der Waals surface area contributed by atoms with Gasteiger partial charge < -0.3 is 39.4 Å². The van der Waals surface area contributed by atoms with Gasteiger partial charge in [0.15, 0.2) is 0 Å². The third-order valence-corrected chi connectivity index (χ3v) is 10.4. The van der Waals surface area contributed by atoms with Crippen molar-refractivity contribution < 1.29 is 19.2 Å². The Labute approximate surface area is 380 Å². The summed E-state index contributed by atoms with van der Waals surface area (Å²) in [6.45, 7) is 0. The number of fused-ring (bicyclic) bond motifs is 2. The lowest BCUT2D eigenvalue weighted by Crippen LogP contribution is -2.13. The van der Waals surface area contributed by atoms with Crippen molar-refractivity contribution in [3.63, 3.8) is 0 Å². The normalized spacial score (nSPS) is 10.9. The number of aromatic amines is 1. The molecule has 9 rings (SSSR count). The van der Waals surface area contributed by atoms with Crippen molar-refractivity contribution in [2.24, 2.45) is 16.5 Å². The number of carbonyl (C=O) groups excluding carboxylic acids is 4. The molecule has 0 saturated carbocycles. The molecule has 66 heavy (non-hydrogen) atoms. The highest BCUT2D eigenvalue weighted by atomic mass is 16.2. The molecule has 0 saturated heterocycles. The summed E-state index contributed by atoms with van der Waals surface area (Å²) in [5.41, 5.74) is 49.6. The van der Waals surface area contributed by atoms with E-state index in [1.165, 1.54) is 5.56 Å². The van der Waals surface area contributed by atoms with Crippen molar-refractivity contribution in [3.05, 3.63) is 179 Å². The van der Waals surface area contributed by atoms with Gasteiger partial charge in [-0.3, -0.25) is 14.6 Å². The fraction of sp³-hybridized carbons (Fsp3) is 0.0769. The highest BCUT2D eigenvalue weighted by molar-refractivity contribution is 6.07. The molecule has 0 atom stereocenters. The molecule has 14 heteroatoms. The van der Waals surface area contributed by atoms with Crippen molar-refractivity contribution in [1.29, 1.82) is 5.26 Å². The van der Waals surface area contributed by atoms with E-state index in [4.69, 9.17) is 59.2 Å². The Kier molecular flexibility index (Phi) is 15.2. The minimum absolute atomic E-state index is 0.222. The zero-order valence-corrected chi connectivity index (χ0v) is 35.7. The Morgan fingerprint density at radius 1 is 0.561 bits per heavy atom. The van der Waals surface area contributed by atoms with Gasteiger partial charge in [-0.1, -0.05) is 109 Å². The van der Waals surface area contributed by atoms with Crippen LogP contribution in [0.4, 0.5) is 28.4 Å². The van der Waals surface area contributed by atoms with E-state index >= 15 is 0 Å². The van der Waals surface area contributed by atoms with Gasteiger partial charge in [-0.05, 0) is 92.5 Å². The number of hydrogen-bond acceptors (Lipinski definition) is 11. The van der Waals surface area contributed by atoms with E-state index in [-0.39, 0.29) is 30.8 Å². The number of nitrogens with two attached hydrogens (primary N) is 6. The Morgan fingerprint density at radius 3 is 1.58 bits per heavy atom. The Hall–Kier alpha value is -9.31. The monoisotopic (exact) mass is 874 g/mol. The third-order valence-electron chi connectivity index (χ3n) is 10.4. The van der Waals surface area contributed by atoms with E-state index < -0.39 is 0 Å². The number of imidazole rings is 1. The number of aromatic nitrogens is 2. The van der Waals surface area contributed by atoms with Gasteiger partial charge in [-0.2, -0.15) is 14.9 Å². The fourth-order valence-electron chi connectivity index (χ4n) is 7.05. The summed E-state index contributed by atoms with van der Waals surface area (Å²) in [6.07, 6.45) is 1.99. The summed E-state index contributed by atoms with van der Waals surface area (Å²) in [6, 6.07) is 50.9. The molecule has 0 bridgehead atoms. The van der Waals surface area contributed by atoms with Crippen LogP contribution in [0.15, 0.2) is 157 Å². The molecule has 0 spiro atoms. The standard InChI is InChI=1S/C31H25N5O2.C12H14N4.C8H7N.CO2/c32-29(37)13-18-1-5-20(6-2-18)26-17-24-10-9-22(15-27(24)34-26)23-11-12-25-28(16-23)36-31(35-25)21-7-3-19(4-8-21)14-30(33)38;13-9-3-1-7(5-11(9)15)8-2-4-10(14)12(16)6-8;9-7-6-8-4-2-1-3-5-8;2-1-3/h1-12,15-16H,13-14,17H2,(H2,32,37)(H2,33,38)(H,35,36);1-6H,13-16H2;1-5H,6H2;. The molecule has 2 heterocycles. The topological polar surface area (TPSA) is 289 Å². The quantitative estimate of drug-likeness (QED) is 0.0702. The minimum Gasteiger partial charge on any atom is -0.397 e. The van der Waals surface area contributed by atoms with Crippen LogP contribution >= 0.6 is 0 Å². The van der Waals surface area contributed by atoms with E-state index in [0.717, 1.165) is 84.7 Å². The van der Waals surface area contributed by atoms with Gasteiger partial charge in [0.2, 0.25) is 11.8 Å². The number of nitrogens with zero attached hydrogens (tertiary/aromatic N) is 3. The van der Waals surface area contributed by atoms with Crippen molar-refractivity contribution in [2.45, 2.75) is 25.7 Å². The molecule has 0 radical (unpaired) electrons. The smallest absolute Gasteiger partial charge is 0.373 e. The summed E-state index contributed by atoms with van der Waals surface area (Å²) in [5, 5.41) is 8.27. The highest BCUT2D eigenvalue weighted by Gasteiger charge is 2.18. The number of anilines is 4. The number of primary amides is 2. The van der Waals surface area contributed by atoms with Gasteiger partial charge in [0.25, 0.3) is 0 Å². The number of hydrogen-bond donors (Lipinski definition) is 7. The summed E-state index contributed by atoms with van der Waals surface area (Å²) in [7, 11) is 0. The second kappa shape index (κ2) is 21.7. The highest BCUT2D eigenvalue weighted by Crippen LogP contribution is 2.35. The number of aliphatic imine (C=N–C) groups is 1. The van der Waals surface area contributed by atoms with E-state index in [1.807, 2.05) is 109 Å². The second-order valence-corrected chi connectivity index (χ2v) is 15.2. The average Bonchev–Trinajstić information content (AvgIpc) is 3.94. The van der Waals surface area contributed by atoms with Crippen LogP contribution in [0.3, 0.4) is 0 Å². The van der Waals surface area contributed by atoms with Crippen LogP contribution in [0.1, 0.15) is 27.8 Å². The molecule has 7 aromatic carbocycles. The van der Waals surface area contributed by atoms with Crippen LogP contribution < -0.4 is 34.4 Å². The van der Waals surface area contributed by atoms with Crippen molar-refractivity contribution in [2.75, 3.05) is 22.9 Å². The lowest BCUT2D eigenvalue weighted by Gasteiger charge is -2.07. The number of amides is 2. The molecular formula is C52H46N10O4. The van der Waals surface area contributed by atoms with Gasteiger partial charge >= 0.3 is 6.15 Å². The van der Waals surface area contributed by atoms with Crippen molar-refractivity contribution >= 4 is 63.1 Å². The minimum atomic E-state index is -0.349. The Morgan fingerprint density at radius 2 is 1.05 bits per heavy atom. The number of nitrogen functional groups attached to an aromatic ring is 4. The molecule has 14 nitrogen and oxygen atoms in total. The number of nitriles is 1. The first kappa shape index (κ1) is 46.2. The SMILES string of the molecule is N#CCc1ccccc1.NC(=O)Cc1ccc(C2=Nc3cc(-c4ccc5nc(-c6ccc(CC(N)=O)cc6)[nH]c5c4)ccc3C2)cc1.Nc1ccc(-c2ccc(N)c(N)c2)cc1N.O=C=O. The maximum Gasteiger partial charge on any atom is 0.373 e. The van der Waals surface area contributed by atoms with Crippen LogP contribution in [-0.2, 0) is 44.9 Å². The van der Waals surface area contributed by atoms with Crippen LogP contribution in [0.2, 0.25) is 0 Å². The number of carbonyl (C=O) groups is 2. The lowest BCUT2D eigenvalue weighted by atomic mass is 9.99. The summed E-state index contributed by atoms with van der Waals surface area (Å²) in [4.78, 5) is 51.6. The third kappa shape index (κ3) is 12.2. The zero-order valence-electron chi connectivity index (χ0n) is 35.7. The summed E-state index contributed by atoms with van der Waals surface area (Å²) >= 11 is 0. The molecule has 2 amide bonds. The summed E-state index contributed by atoms with van der Waals surface area (Å²) < 4.78 is 0. The molecule has 8 aromatic rings. The number of H-pyrrole nitrogens is 1. The summed E-state index contributed by atoms with van der Waals surface area (Å²) in [5.74, 6) is 0.0854. The van der Waals surface area contributed by atoms with E-state index in [0.29, 0.717) is 29.2 Å². The first-order valence-corrected chi connectivity index (χ1v) is 20.5. The average molecular weight is 875 g/mol. The Balaban J connectivity index is 0.000000209. The first-order chi connectivity index (χ1) is 31.8. The van der Waals surface area contributed by atoms with Gasteiger partial charge in [0, 0.05) is 12.0 Å². The molecule has 13 N–H and O–H groups in total. The largest absolute Gasteiger partial charge is 0.397 e. The predicted molar refractivity (Wildman–Crippen MR) is 259 cm³/mol. The molecule has 0 aliphatic carbocycles. The maximum absolute atomic E-state index is 11.2. The van der Waals surface area contributed by atoms with Gasteiger partial charge in [-0.15, -0.1) is 0 Å². The van der Waals surface area contributed by atoms with E-state index in [1.54, 1.807) is 12.1 Å². The maximum atomic E-state index is 11.2. The van der Waals surface area contributed by atoms with Crippen LogP contribution in [0, 0.1) is 11.3 Å². The predicted octanol–water partition coefficient (Wildman–Crippen LogP) is 7.48. The molecule has 328 valence electrons. The van der Waals surface area contributed by atoms with E-state index in [2.05, 4.69) is 41.4 Å². The molecular weight excluding hydrogens is 829 g/mol. The van der Waals surface area contributed by atoms with Gasteiger partial charge in [0.05, 0.1) is 70.5 Å². The van der Waals surface area contributed by atoms with Crippen LogP contribution in [0.5, 0.6) is 0 Å². The molecule has 0 fully saturated rings.